The number of imidazole rings is 1. The van der Waals surface area contributed by atoms with Crippen LogP contribution in [0.3, 0.4) is 0 Å². The maximum Gasteiger partial charge on any atom is 0.109 e. The Morgan fingerprint density at radius 1 is 0.909 bits per heavy atom. The number of morpholine rings is 1. The van der Waals surface area contributed by atoms with Crippen LogP contribution in [0.25, 0.3) is 33.9 Å². The number of ether oxygens (including phenoxy) is 1. The lowest BCUT2D eigenvalue weighted by Crippen LogP contribution is -2.36. The van der Waals surface area contributed by atoms with Gasteiger partial charge in [0.05, 0.1) is 36.0 Å². The van der Waals surface area contributed by atoms with Crippen molar-refractivity contribution in [2.45, 2.75) is 26.7 Å². The van der Waals surface area contributed by atoms with E-state index in [2.05, 4.69) is 59.0 Å². The van der Waals surface area contributed by atoms with Gasteiger partial charge in [-0.05, 0) is 43.3 Å². The van der Waals surface area contributed by atoms with Crippen molar-refractivity contribution in [3.8, 4) is 33.9 Å². The van der Waals surface area contributed by atoms with E-state index in [0.29, 0.717) is 0 Å². The van der Waals surface area contributed by atoms with Crippen molar-refractivity contribution < 1.29 is 4.74 Å². The van der Waals surface area contributed by atoms with Gasteiger partial charge in [-0.15, -0.1) is 0 Å². The Kier molecular flexibility index (Phi) is 5.92. The fourth-order valence-electron chi connectivity index (χ4n) is 4.14. The third kappa shape index (κ3) is 4.52. The molecule has 168 valence electrons. The minimum atomic E-state index is 0.288. The van der Waals surface area contributed by atoms with Gasteiger partial charge >= 0.3 is 0 Å². The molecule has 1 aliphatic rings. The highest BCUT2D eigenvalue weighted by atomic mass is 16.5. The van der Waals surface area contributed by atoms with E-state index < -0.39 is 0 Å². The van der Waals surface area contributed by atoms with Crippen molar-refractivity contribution in [2.75, 3.05) is 31.2 Å². The maximum absolute atomic E-state index is 5.47. The largest absolute Gasteiger partial charge is 0.378 e. The minimum Gasteiger partial charge on any atom is -0.378 e. The second kappa shape index (κ2) is 9.16. The Morgan fingerprint density at radius 2 is 1.70 bits per heavy atom. The number of hydrogen-bond acceptors (Lipinski definition) is 5. The van der Waals surface area contributed by atoms with Crippen molar-refractivity contribution in [3.63, 3.8) is 0 Å². The van der Waals surface area contributed by atoms with Crippen molar-refractivity contribution >= 4 is 5.69 Å². The average Bonchev–Trinajstić information content (AvgIpc) is 3.31. The molecular formula is C27H29N5O. The van der Waals surface area contributed by atoms with E-state index in [9.17, 15) is 0 Å². The van der Waals surface area contributed by atoms with E-state index in [1.807, 2.05) is 37.4 Å². The minimum absolute atomic E-state index is 0.288. The van der Waals surface area contributed by atoms with Gasteiger partial charge in [-0.3, -0.25) is 9.97 Å². The Balaban J connectivity index is 1.50. The monoisotopic (exact) mass is 439 g/mol. The highest BCUT2D eigenvalue weighted by Gasteiger charge is 2.18. The summed E-state index contributed by atoms with van der Waals surface area (Å²) in [4.78, 5) is 20.2. The number of nitrogens with zero attached hydrogens (tertiary/aromatic N) is 4. The third-order valence-corrected chi connectivity index (χ3v) is 5.99. The molecule has 1 aliphatic heterocycles. The second-order valence-electron chi connectivity index (χ2n) is 8.74. The molecule has 4 aromatic rings. The summed E-state index contributed by atoms with van der Waals surface area (Å²) in [7, 11) is 0. The van der Waals surface area contributed by atoms with Crippen LogP contribution >= 0.6 is 0 Å². The van der Waals surface area contributed by atoms with Crippen LogP contribution in [-0.2, 0) is 4.74 Å². The first-order valence-electron chi connectivity index (χ1n) is 11.5. The van der Waals surface area contributed by atoms with E-state index in [4.69, 9.17) is 14.7 Å². The lowest BCUT2D eigenvalue weighted by molar-refractivity contribution is 0.122. The number of anilines is 1. The van der Waals surface area contributed by atoms with E-state index in [1.165, 1.54) is 5.69 Å². The lowest BCUT2D eigenvalue weighted by atomic mass is 10.0. The number of aromatic nitrogens is 4. The molecule has 1 aromatic carbocycles. The quantitative estimate of drug-likeness (QED) is 0.447. The topological polar surface area (TPSA) is 66.9 Å². The zero-order chi connectivity index (χ0) is 22.8. The summed E-state index contributed by atoms with van der Waals surface area (Å²) in [6, 6.07) is 18.8. The predicted octanol–water partition coefficient (Wildman–Crippen LogP) is 5.47. The zero-order valence-corrected chi connectivity index (χ0v) is 19.4. The molecule has 0 bridgehead atoms. The number of benzene rings is 1. The molecule has 5 rings (SSSR count). The normalized spacial score (nSPS) is 14.1. The maximum atomic E-state index is 5.47. The highest BCUT2D eigenvalue weighted by molar-refractivity contribution is 5.79. The summed E-state index contributed by atoms with van der Waals surface area (Å²) in [5.41, 5.74) is 8.00. The second-order valence-corrected chi connectivity index (χ2v) is 8.74. The summed E-state index contributed by atoms with van der Waals surface area (Å²) in [5, 5.41) is 0. The molecule has 33 heavy (non-hydrogen) atoms. The summed E-state index contributed by atoms with van der Waals surface area (Å²) in [5.74, 6) is 1.24. The molecule has 1 N–H and O–H groups in total. The van der Waals surface area contributed by atoms with E-state index >= 15 is 0 Å². The molecule has 0 saturated carbocycles. The van der Waals surface area contributed by atoms with Gasteiger partial charge in [0.25, 0.3) is 0 Å². The number of aromatic amines is 1. The first-order valence-corrected chi connectivity index (χ1v) is 11.5. The Bertz CT molecular complexity index is 1240. The Hall–Kier alpha value is -3.51. The summed E-state index contributed by atoms with van der Waals surface area (Å²) in [6.07, 6.45) is 1.86. The predicted molar refractivity (Wildman–Crippen MR) is 132 cm³/mol. The van der Waals surface area contributed by atoms with Crippen LogP contribution < -0.4 is 4.90 Å². The molecule has 0 atom stereocenters. The molecule has 0 amide bonds. The standard InChI is InChI=1S/C27H29N5O/c1-18(2)27-30-25(26(31-27)23-6-4-5-19(3)29-23)21-11-12-28-24(17-21)20-7-9-22(10-8-20)32-13-15-33-16-14-32/h4-12,17-18H,13-16H2,1-3H3,(H,30,31). The molecule has 0 spiro atoms. The molecule has 0 unspecified atom stereocenters. The summed E-state index contributed by atoms with van der Waals surface area (Å²) >= 11 is 0. The molecule has 0 aliphatic carbocycles. The van der Waals surface area contributed by atoms with E-state index in [1.54, 1.807) is 0 Å². The van der Waals surface area contributed by atoms with Crippen LogP contribution in [0.15, 0.2) is 60.8 Å². The summed E-state index contributed by atoms with van der Waals surface area (Å²) < 4.78 is 5.47. The number of hydrogen-bond donors (Lipinski definition) is 1. The van der Waals surface area contributed by atoms with Crippen molar-refractivity contribution in [1.82, 2.24) is 19.9 Å². The Morgan fingerprint density at radius 3 is 2.42 bits per heavy atom. The highest BCUT2D eigenvalue weighted by Crippen LogP contribution is 2.33. The van der Waals surface area contributed by atoms with Gasteiger partial charge < -0.3 is 14.6 Å². The van der Waals surface area contributed by atoms with Gasteiger partial charge in [0.1, 0.15) is 5.82 Å². The van der Waals surface area contributed by atoms with Crippen molar-refractivity contribution in [2.24, 2.45) is 0 Å². The van der Waals surface area contributed by atoms with Gasteiger partial charge in [0.2, 0.25) is 0 Å². The van der Waals surface area contributed by atoms with Crippen LogP contribution in [0.5, 0.6) is 0 Å². The van der Waals surface area contributed by atoms with Crippen molar-refractivity contribution in [1.29, 1.82) is 0 Å². The molecule has 6 nitrogen and oxygen atoms in total. The van der Waals surface area contributed by atoms with Crippen LogP contribution in [0.2, 0.25) is 0 Å². The number of aryl methyl sites for hydroxylation is 1. The van der Waals surface area contributed by atoms with E-state index in [-0.39, 0.29) is 5.92 Å². The number of rotatable bonds is 5. The molecule has 0 radical (unpaired) electrons. The van der Waals surface area contributed by atoms with Crippen LogP contribution in [0.1, 0.15) is 31.3 Å². The molecule has 6 heteroatoms. The van der Waals surface area contributed by atoms with Crippen molar-refractivity contribution in [3.05, 3.63) is 72.3 Å². The molecular weight excluding hydrogens is 410 g/mol. The lowest BCUT2D eigenvalue weighted by Gasteiger charge is -2.28. The van der Waals surface area contributed by atoms with Crippen LogP contribution in [0, 0.1) is 6.92 Å². The number of nitrogens with one attached hydrogen (secondary N) is 1. The average molecular weight is 440 g/mol. The molecule has 1 fully saturated rings. The molecule has 4 heterocycles. The Labute approximate surface area is 194 Å². The van der Waals surface area contributed by atoms with Crippen LogP contribution in [-0.4, -0.2) is 46.2 Å². The van der Waals surface area contributed by atoms with Gasteiger partial charge in [-0.25, -0.2) is 4.98 Å². The molecule has 3 aromatic heterocycles. The first kappa shape index (κ1) is 21.3. The smallest absolute Gasteiger partial charge is 0.109 e. The number of pyridine rings is 2. The van der Waals surface area contributed by atoms with Crippen LogP contribution in [0.4, 0.5) is 5.69 Å². The fraction of sp³-hybridized carbons (Fsp3) is 0.296. The van der Waals surface area contributed by atoms with Gasteiger partial charge in [0.15, 0.2) is 0 Å². The third-order valence-electron chi connectivity index (χ3n) is 5.99. The zero-order valence-electron chi connectivity index (χ0n) is 19.4. The SMILES string of the molecule is Cc1cccc(-c2[nH]c(C(C)C)nc2-c2ccnc(-c3ccc(N4CCOCC4)cc3)c2)n1. The van der Waals surface area contributed by atoms with E-state index in [0.717, 1.165) is 71.7 Å². The van der Waals surface area contributed by atoms with Gasteiger partial charge in [-0.1, -0.05) is 32.0 Å². The van der Waals surface area contributed by atoms with Gasteiger partial charge in [-0.2, -0.15) is 0 Å². The number of H-pyrrole nitrogens is 1. The first-order chi connectivity index (χ1) is 16.1. The summed E-state index contributed by atoms with van der Waals surface area (Å²) in [6.45, 7) is 9.72. The fourth-order valence-corrected chi connectivity index (χ4v) is 4.14. The molecule has 1 saturated heterocycles. The van der Waals surface area contributed by atoms with Gasteiger partial charge in [0, 0.05) is 47.7 Å².